The highest BCUT2D eigenvalue weighted by Crippen LogP contribution is 2.34. The Morgan fingerprint density at radius 1 is 1.15 bits per heavy atom. The molecule has 3 fully saturated rings. The van der Waals surface area contributed by atoms with E-state index < -0.39 is 0 Å². The number of ketones is 1. The number of nitrogens with one attached hydrogen (secondary N) is 1. The van der Waals surface area contributed by atoms with E-state index in [1.165, 1.54) is 11.3 Å². The maximum absolute atomic E-state index is 12.6. The van der Waals surface area contributed by atoms with Gasteiger partial charge in [0.25, 0.3) is 0 Å². The molecule has 0 aliphatic carbocycles. The number of hydrogen-bond donors (Lipinski definition) is 1. The van der Waals surface area contributed by atoms with Crippen LogP contribution in [0.2, 0.25) is 0 Å². The van der Waals surface area contributed by atoms with E-state index in [1.807, 2.05) is 35.0 Å². The standard InChI is InChI=1S/C19H22N2O3S2/c22-17(18-4-2-10-26-18)12-21-7-5-14(6-8-21)16(11-21)20-19(23)24-13-15-3-1-9-25-15/h1-4,9-10,14,16H,5-8,11-13H2/p+1. The lowest BCUT2D eigenvalue weighted by Gasteiger charge is -2.52. The summed E-state index contributed by atoms with van der Waals surface area (Å²) in [5.41, 5.74) is 0. The lowest BCUT2D eigenvalue weighted by atomic mass is 9.81. The Morgan fingerprint density at radius 2 is 1.92 bits per heavy atom. The summed E-state index contributed by atoms with van der Waals surface area (Å²) in [4.78, 5) is 26.7. The Morgan fingerprint density at radius 3 is 2.62 bits per heavy atom. The van der Waals surface area contributed by atoms with E-state index >= 15 is 0 Å². The zero-order valence-corrected chi connectivity index (χ0v) is 16.2. The van der Waals surface area contributed by atoms with E-state index in [0.717, 1.165) is 46.7 Å². The fourth-order valence-electron chi connectivity index (χ4n) is 4.22. The second kappa shape index (κ2) is 7.50. The molecule has 0 saturated carbocycles. The third-order valence-corrected chi connectivity index (χ3v) is 7.37. The Kier molecular flexibility index (Phi) is 5.11. The fourth-order valence-corrected chi connectivity index (χ4v) is 5.49. The van der Waals surface area contributed by atoms with E-state index in [4.69, 9.17) is 4.74 Å². The average Bonchev–Trinajstić information content (AvgIpc) is 3.34. The number of piperidine rings is 3. The van der Waals surface area contributed by atoms with Gasteiger partial charge in [0.1, 0.15) is 13.2 Å². The van der Waals surface area contributed by atoms with Crippen molar-refractivity contribution in [1.29, 1.82) is 0 Å². The first-order chi connectivity index (χ1) is 12.6. The molecule has 2 aromatic heterocycles. The molecular weight excluding hydrogens is 368 g/mol. The van der Waals surface area contributed by atoms with Gasteiger partial charge in [0.2, 0.25) is 5.78 Å². The maximum atomic E-state index is 12.6. The Hall–Kier alpha value is -1.70. The number of rotatable bonds is 6. The molecule has 0 spiro atoms. The molecule has 3 saturated heterocycles. The topological polar surface area (TPSA) is 55.4 Å². The van der Waals surface area contributed by atoms with Gasteiger partial charge in [0, 0.05) is 17.7 Å². The first-order valence-corrected chi connectivity index (χ1v) is 10.8. The molecule has 3 aliphatic heterocycles. The van der Waals surface area contributed by atoms with Crippen molar-refractivity contribution in [3.05, 3.63) is 44.8 Å². The minimum absolute atomic E-state index is 0.101. The van der Waals surface area contributed by atoms with E-state index in [0.29, 0.717) is 19.1 Å². The van der Waals surface area contributed by atoms with Crippen LogP contribution in [-0.2, 0) is 11.3 Å². The molecule has 138 valence electrons. The summed E-state index contributed by atoms with van der Waals surface area (Å²) >= 11 is 3.09. The lowest BCUT2D eigenvalue weighted by molar-refractivity contribution is -0.936. The number of carbonyl (C=O) groups is 2. The summed E-state index contributed by atoms with van der Waals surface area (Å²) in [6, 6.07) is 7.84. The van der Waals surface area contributed by atoms with E-state index in [-0.39, 0.29) is 17.9 Å². The van der Waals surface area contributed by atoms with Gasteiger partial charge in [-0.2, -0.15) is 0 Å². The number of Topliss-reactive ketones (excluding diaryl/α,β-unsaturated/α-hetero) is 1. The van der Waals surface area contributed by atoms with Crippen LogP contribution >= 0.6 is 22.7 Å². The summed E-state index contributed by atoms with van der Waals surface area (Å²) < 4.78 is 6.15. The van der Waals surface area contributed by atoms with Crippen LogP contribution in [0, 0.1) is 5.92 Å². The van der Waals surface area contributed by atoms with Crippen LogP contribution in [0.3, 0.4) is 0 Å². The molecule has 26 heavy (non-hydrogen) atoms. The van der Waals surface area contributed by atoms with Crippen LogP contribution in [-0.4, -0.2) is 48.6 Å². The molecule has 7 heteroatoms. The monoisotopic (exact) mass is 391 g/mol. The van der Waals surface area contributed by atoms with Gasteiger partial charge in [0.05, 0.1) is 30.6 Å². The van der Waals surface area contributed by atoms with Gasteiger partial charge in [-0.15, -0.1) is 22.7 Å². The van der Waals surface area contributed by atoms with Crippen molar-refractivity contribution in [3.8, 4) is 0 Å². The van der Waals surface area contributed by atoms with Crippen molar-refractivity contribution >= 4 is 34.6 Å². The van der Waals surface area contributed by atoms with Crippen LogP contribution in [0.1, 0.15) is 27.4 Å². The van der Waals surface area contributed by atoms with Crippen molar-refractivity contribution < 1.29 is 18.8 Å². The number of ether oxygens (including phenoxy) is 1. The van der Waals surface area contributed by atoms with Crippen molar-refractivity contribution in [2.75, 3.05) is 26.2 Å². The van der Waals surface area contributed by atoms with Crippen LogP contribution < -0.4 is 5.32 Å². The molecule has 0 aromatic carbocycles. The summed E-state index contributed by atoms with van der Waals surface area (Å²) in [7, 11) is 0. The van der Waals surface area contributed by atoms with Crippen LogP contribution in [0.15, 0.2) is 35.0 Å². The number of alkyl carbamates (subject to hydrolysis) is 1. The molecule has 3 aliphatic rings. The van der Waals surface area contributed by atoms with Gasteiger partial charge >= 0.3 is 6.09 Å². The van der Waals surface area contributed by atoms with E-state index in [2.05, 4.69) is 5.32 Å². The SMILES string of the molecule is O=C(NC1C[N+]2(CC(=O)c3cccs3)CCC1CC2)OCc1cccs1. The van der Waals surface area contributed by atoms with Gasteiger partial charge in [-0.3, -0.25) is 4.79 Å². The Balaban J connectivity index is 1.34. The zero-order chi connectivity index (χ0) is 18.0. The number of nitrogens with zero attached hydrogens (tertiary/aromatic N) is 1. The normalized spacial score (nSPS) is 27.2. The maximum Gasteiger partial charge on any atom is 0.407 e. The molecule has 5 rings (SSSR count). The minimum Gasteiger partial charge on any atom is -0.444 e. The Labute approximate surface area is 161 Å². The van der Waals surface area contributed by atoms with E-state index in [9.17, 15) is 9.59 Å². The summed E-state index contributed by atoms with van der Waals surface area (Å²) in [5.74, 6) is 0.723. The summed E-state index contributed by atoms with van der Waals surface area (Å²) in [5, 5.41) is 6.99. The van der Waals surface area contributed by atoms with Gasteiger partial charge in [-0.05, 0) is 28.8 Å². The van der Waals surface area contributed by atoms with Crippen LogP contribution in [0.4, 0.5) is 4.79 Å². The zero-order valence-electron chi connectivity index (χ0n) is 14.6. The lowest BCUT2D eigenvalue weighted by Crippen LogP contribution is -2.68. The molecule has 1 atom stereocenters. The third-order valence-electron chi connectivity index (χ3n) is 5.61. The number of thiophene rings is 2. The summed E-state index contributed by atoms with van der Waals surface area (Å²) in [6.07, 6.45) is 1.78. The molecule has 1 N–H and O–H groups in total. The van der Waals surface area contributed by atoms with Crippen molar-refractivity contribution in [3.63, 3.8) is 0 Å². The molecule has 2 aromatic rings. The van der Waals surface area contributed by atoms with E-state index in [1.54, 1.807) is 11.3 Å². The molecular formula is C19H23N2O3S2+. The molecule has 1 amide bonds. The van der Waals surface area contributed by atoms with Gasteiger partial charge in [-0.1, -0.05) is 12.1 Å². The van der Waals surface area contributed by atoms with Gasteiger partial charge in [0.15, 0.2) is 0 Å². The quantitative estimate of drug-likeness (QED) is 0.605. The predicted octanol–water partition coefficient (Wildman–Crippen LogP) is 3.53. The van der Waals surface area contributed by atoms with Gasteiger partial charge in [-0.25, -0.2) is 4.79 Å². The number of amides is 1. The van der Waals surface area contributed by atoms with Crippen LogP contribution in [0.5, 0.6) is 0 Å². The first-order valence-electron chi connectivity index (χ1n) is 9.01. The smallest absolute Gasteiger partial charge is 0.407 e. The number of fused-ring (bicyclic) bond motifs is 3. The van der Waals surface area contributed by atoms with Crippen molar-refractivity contribution in [2.45, 2.75) is 25.5 Å². The van der Waals surface area contributed by atoms with Gasteiger partial charge < -0.3 is 14.5 Å². The van der Waals surface area contributed by atoms with Crippen molar-refractivity contribution in [2.24, 2.45) is 5.92 Å². The second-order valence-corrected chi connectivity index (χ2v) is 9.25. The molecule has 5 heterocycles. The number of quaternary nitrogens is 1. The van der Waals surface area contributed by atoms with Crippen LogP contribution in [0.25, 0.3) is 0 Å². The molecule has 2 bridgehead atoms. The Bertz CT molecular complexity index is 750. The highest BCUT2D eigenvalue weighted by molar-refractivity contribution is 7.12. The first kappa shape index (κ1) is 17.7. The number of carbonyl (C=O) groups excluding carboxylic acids is 2. The highest BCUT2D eigenvalue weighted by atomic mass is 32.1. The fraction of sp³-hybridized carbons (Fsp3) is 0.474. The third kappa shape index (κ3) is 3.84. The highest BCUT2D eigenvalue weighted by Gasteiger charge is 2.47. The largest absolute Gasteiger partial charge is 0.444 e. The summed E-state index contributed by atoms with van der Waals surface area (Å²) in [6.45, 7) is 3.75. The molecule has 5 nitrogen and oxygen atoms in total. The second-order valence-electron chi connectivity index (χ2n) is 7.27. The minimum atomic E-state index is -0.347. The number of hydrogen-bond acceptors (Lipinski definition) is 5. The van der Waals surface area contributed by atoms with Crippen molar-refractivity contribution in [1.82, 2.24) is 5.32 Å². The predicted molar refractivity (Wildman–Crippen MR) is 103 cm³/mol. The average molecular weight is 392 g/mol. The molecule has 1 unspecified atom stereocenters. The molecule has 0 radical (unpaired) electrons.